The first-order valence-electron chi connectivity index (χ1n) is 19.8. The van der Waals surface area contributed by atoms with Crippen LogP contribution >= 0.6 is 0 Å². The zero-order chi connectivity index (χ0) is 41.7. The van der Waals surface area contributed by atoms with Crippen LogP contribution in [0.4, 0.5) is 0 Å². The van der Waals surface area contributed by atoms with Gasteiger partial charge in [-0.2, -0.15) is 5.10 Å². The summed E-state index contributed by atoms with van der Waals surface area (Å²) in [5.74, 6) is -5.16. The lowest BCUT2D eigenvalue weighted by molar-refractivity contribution is -0.143. The predicted octanol–water partition coefficient (Wildman–Crippen LogP) is -0.644. The zero-order valence-electron chi connectivity index (χ0n) is 33.0. The number of hydrogen-bond donors (Lipinski definition) is 7. The fourth-order valence-corrected chi connectivity index (χ4v) is 7.91. The highest BCUT2D eigenvalue weighted by atomic mass is 16.3. The number of benzene rings is 1. The predicted molar refractivity (Wildman–Crippen MR) is 208 cm³/mol. The second-order valence-corrected chi connectivity index (χ2v) is 15.9. The van der Waals surface area contributed by atoms with Crippen molar-refractivity contribution in [1.82, 2.24) is 51.4 Å². The van der Waals surface area contributed by atoms with Gasteiger partial charge in [-0.05, 0) is 57.1 Å². The van der Waals surface area contributed by atoms with E-state index in [1.54, 1.807) is 48.8 Å². The van der Waals surface area contributed by atoms with Crippen molar-refractivity contribution in [2.45, 2.75) is 115 Å². The maximum absolute atomic E-state index is 14.7. The molecule has 2 aliphatic heterocycles. The zero-order valence-corrected chi connectivity index (χ0v) is 33.0. The Bertz CT molecular complexity index is 1990. The summed E-state index contributed by atoms with van der Waals surface area (Å²) in [6, 6.07) is 4.49. The van der Waals surface area contributed by atoms with E-state index in [1.165, 1.54) is 29.3 Å². The smallest absolute Gasteiger partial charge is 0.272 e. The first-order chi connectivity index (χ1) is 27.7. The molecule has 58 heavy (non-hydrogen) atoms. The van der Waals surface area contributed by atoms with Gasteiger partial charge in [0.1, 0.15) is 30.2 Å². The summed E-state index contributed by atoms with van der Waals surface area (Å²) < 4.78 is 1.44. The van der Waals surface area contributed by atoms with Crippen LogP contribution in [0.3, 0.4) is 0 Å². The molecule has 18 heteroatoms. The van der Waals surface area contributed by atoms with Gasteiger partial charge < -0.3 is 41.9 Å². The normalized spacial score (nSPS) is 28.2. The topological polar surface area (TPSA) is 245 Å². The molecule has 3 aromatic rings. The Balaban J connectivity index is 1.34. The largest absolute Gasteiger partial charge is 0.391 e. The van der Waals surface area contributed by atoms with Crippen LogP contribution < -0.4 is 31.9 Å². The van der Waals surface area contributed by atoms with Crippen LogP contribution in [0.5, 0.6) is 0 Å². The van der Waals surface area contributed by atoms with Crippen LogP contribution in [0.2, 0.25) is 0 Å². The van der Waals surface area contributed by atoms with Crippen LogP contribution in [0.25, 0.3) is 5.65 Å². The van der Waals surface area contributed by atoms with E-state index in [-0.39, 0.29) is 37.4 Å². The highest BCUT2D eigenvalue weighted by Crippen LogP contribution is 2.27. The van der Waals surface area contributed by atoms with Crippen molar-refractivity contribution >= 4 is 47.0 Å². The second-order valence-electron chi connectivity index (χ2n) is 15.9. The number of carbonyl (C=O) groups excluding carboxylic acids is 7. The van der Waals surface area contributed by atoms with Crippen molar-refractivity contribution in [3.63, 3.8) is 0 Å². The molecule has 0 bridgehead atoms. The fraction of sp³-hybridized carbons (Fsp3) is 0.525. The van der Waals surface area contributed by atoms with Crippen LogP contribution in [0.15, 0.2) is 54.9 Å². The fourth-order valence-electron chi connectivity index (χ4n) is 7.91. The van der Waals surface area contributed by atoms with Crippen molar-refractivity contribution in [1.29, 1.82) is 0 Å². The van der Waals surface area contributed by atoms with Crippen LogP contribution in [-0.4, -0.2) is 121 Å². The van der Waals surface area contributed by atoms with E-state index >= 15 is 0 Å². The van der Waals surface area contributed by atoms with E-state index in [1.807, 2.05) is 13.8 Å². The van der Waals surface area contributed by atoms with Crippen LogP contribution in [0, 0.1) is 11.8 Å². The number of fused-ring (bicyclic) bond motifs is 3. The summed E-state index contributed by atoms with van der Waals surface area (Å²) in [7, 11) is 0. The van der Waals surface area contributed by atoms with Gasteiger partial charge in [-0.15, -0.1) is 0 Å². The minimum atomic E-state index is -1.53. The molecule has 0 radical (unpaired) electrons. The Morgan fingerprint density at radius 1 is 0.879 bits per heavy atom. The molecule has 3 fully saturated rings. The van der Waals surface area contributed by atoms with E-state index in [0.29, 0.717) is 30.5 Å². The van der Waals surface area contributed by atoms with Crippen LogP contribution in [0.1, 0.15) is 75.9 Å². The van der Waals surface area contributed by atoms with Crippen LogP contribution in [-0.2, 0) is 35.2 Å². The molecule has 310 valence electrons. The van der Waals surface area contributed by atoms with Gasteiger partial charge in [-0.1, -0.05) is 50.6 Å². The lowest BCUT2D eigenvalue weighted by Crippen LogP contribution is -2.61. The van der Waals surface area contributed by atoms with Crippen molar-refractivity contribution in [2.24, 2.45) is 11.8 Å². The highest BCUT2D eigenvalue weighted by molar-refractivity contribution is 5.98. The summed E-state index contributed by atoms with van der Waals surface area (Å²) >= 11 is 0. The second kappa shape index (κ2) is 18.1. The Kier molecular flexibility index (Phi) is 13.0. The Morgan fingerprint density at radius 3 is 2.33 bits per heavy atom. The molecule has 1 aromatic carbocycles. The Labute approximate surface area is 335 Å². The molecule has 1 unspecified atom stereocenters. The number of hydrogen-bond acceptors (Lipinski definition) is 10. The number of carbonyl (C=O) groups is 7. The lowest BCUT2D eigenvalue weighted by Gasteiger charge is -2.31. The monoisotopic (exact) mass is 800 g/mol. The van der Waals surface area contributed by atoms with Gasteiger partial charge in [-0.25, -0.2) is 9.50 Å². The maximum Gasteiger partial charge on any atom is 0.272 e. The van der Waals surface area contributed by atoms with Crippen molar-refractivity contribution in [2.75, 3.05) is 6.54 Å². The van der Waals surface area contributed by atoms with Crippen molar-refractivity contribution < 1.29 is 38.7 Å². The molecule has 18 nitrogen and oxygen atoms in total. The van der Waals surface area contributed by atoms with Gasteiger partial charge >= 0.3 is 0 Å². The van der Waals surface area contributed by atoms with E-state index in [4.69, 9.17) is 0 Å². The molecule has 6 rings (SSSR count). The van der Waals surface area contributed by atoms with E-state index in [2.05, 4.69) is 42.0 Å². The van der Waals surface area contributed by atoms with E-state index in [0.717, 1.165) is 0 Å². The molecule has 4 heterocycles. The SMILES string of the molecule is CC(C)C[C@@H]1NC(=O)[C@@H]2CCC[C@H]2NC(=O)[C@H](C)NC(=O)C2C[C@@H](NC(=O)c3cc4ncccn4n3)CN2C(=O)[C@H](Cc2ccccc2)NC(=O)[C@H]([C@@H](C)O)NC1=O. The number of nitrogens with zero attached hydrogens (tertiary/aromatic N) is 4. The van der Waals surface area contributed by atoms with E-state index < -0.39 is 95.7 Å². The minimum absolute atomic E-state index is 0.0321. The molecule has 2 saturated heterocycles. The average Bonchev–Trinajstić information content (AvgIpc) is 3.94. The summed E-state index contributed by atoms with van der Waals surface area (Å²) in [5, 5.41) is 31.7. The summed E-state index contributed by atoms with van der Waals surface area (Å²) in [4.78, 5) is 103. The molecule has 9 atom stereocenters. The van der Waals surface area contributed by atoms with Gasteiger partial charge in [0.15, 0.2) is 11.3 Å². The Morgan fingerprint density at radius 2 is 1.62 bits per heavy atom. The van der Waals surface area contributed by atoms with Gasteiger partial charge in [0.2, 0.25) is 35.4 Å². The number of nitrogens with one attached hydrogen (secondary N) is 6. The molecule has 3 aliphatic rings. The number of aliphatic hydroxyl groups excluding tert-OH is 1. The van der Waals surface area contributed by atoms with Gasteiger partial charge in [-0.3, -0.25) is 33.6 Å². The van der Waals surface area contributed by atoms with E-state index in [9.17, 15) is 38.7 Å². The van der Waals surface area contributed by atoms with Gasteiger partial charge in [0, 0.05) is 43.5 Å². The maximum atomic E-state index is 14.7. The first kappa shape index (κ1) is 41.7. The summed E-state index contributed by atoms with van der Waals surface area (Å²) in [6.45, 7) is 6.43. The molecule has 1 saturated carbocycles. The van der Waals surface area contributed by atoms with Gasteiger partial charge in [0.25, 0.3) is 5.91 Å². The number of aromatic nitrogens is 3. The molecule has 7 N–H and O–H groups in total. The molecular weight excluding hydrogens is 749 g/mol. The molecule has 1 aliphatic carbocycles. The van der Waals surface area contributed by atoms with Gasteiger partial charge in [0.05, 0.1) is 12.0 Å². The van der Waals surface area contributed by atoms with Crippen molar-refractivity contribution in [3.8, 4) is 0 Å². The molecular formula is C40H52N10O8. The third-order valence-electron chi connectivity index (χ3n) is 10.9. The quantitative estimate of drug-likeness (QED) is 0.159. The first-order valence-corrected chi connectivity index (χ1v) is 19.8. The van der Waals surface area contributed by atoms with Crippen molar-refractivity contribution in [3.05, 3.63) is 66.1 Å². The third kappa shape index (κ3) is 9.78. The molecule has 2 aromatic heterocycles. The number of rotatable bonds is 7. The third-order valence-corrected chi connectivity index (χ3v) is 10.9. The average molecular weight is 801 g/mol. The lowest BCUT2D eigenvalue weighted by atomic mass is 9.98. The minimum Gasteiger partial charge on any atom is -0.391 e. The summed E-state index contributed by atoms with van der Waals surface area (Å²) in [6.07, 6.45) is 3.51. The highest BCUT2D eigenvalue weighted by Gasteiger charge is 2.45. The standard InChI is InChI=1S/C40H52N10O8/c1-21(2)16-28-36(54)47-33(23(4)51)39(57)46-30(17-24-10-6-5-7-11-24)40(58)49-20-25(43-37(55)29-19-32-41-14-9-15-50(32)48-29)18-31(49)38(56)42-22(3)34(52)44-27-13-8-12-26(27)35(53)45-28/h5-7,9-11,14-15,19,21-23,25-28,30-31,33,51H,8,12-13,16-18,20H2,1-4H3,(H,42,56)(H,43,55)(H,44,52)(H,45,53)(H,46,57)(H,47,54)/t22-,23+,25+,26+,27+,28-,30-,31?,33-/m0/s1. The summed E-state index contributed by atoms with van der Waals surface area (Å²) in [5.41, 5.74) is 1.17. The number of aliphatic hydroxyl groups is 1. The molecule has 7 amide bonds. The molecule has 0 spiro atoms. The number of amides is 7. The Hall–Kier alpha value is -5.91.